The lowest BCUT2D eigenvalue weighted by molar-refractivity contribution is -0.145. The summed E-state index contributed by atoms with van der Waals surface area (Å²) in [7, 11) is 0. The van der Waals surface area contributed by atoms with Crippen LogP contribution in [0, 0.1) is 12.8 Å². The van der Waals surface area contributed by atoms with Crippen LogP contribution in [0.1, 0.15) is 50.2 Å². The number of rotatable bonds is 5. The van der Waals surface area contributed by atoms with Crippen LogP contribution in [0.2, 0.25) is 0 Å². The molecule has 2 rings (SSSR count). The molecule has 1 saturated heterocycles. The van der Waals surface area contributed by atoms with Gasteiger partial charge in [-0.25, -0.2) is 9.97 Å². The second kappa shape index (κ2) is 8.74. The number of nitrogens with zero attached hydrogens (tertiary/aromatic N) is 3. The summed E-state index contributed by atoms with van der Waals surface area (Å²) in [4.78, 5) is 32.1. The first-order valence-electron chi connectivity index (χ1n) is 9.25. The summed E-state index contributed by atoms with van der Waals surface area (Å²) in [6.45, 7) is 5.71. The number of likely N-dealkylation sites (tertiary alicyclic amines) is 1. The molecule has 1 fully saturated rings. The van der Waals surface area contributed by atoms with Crippen molar-refractivity contribution in [2.24, 2.45) is 5.92 Å². The van der Waals surface area contributed by atoms with Gasteiger partial charge in [-0.2, -0.15) is 13.2 Å². The van der Waals surface area contributed by atoms with E-state index in [0.717, 1.165) is 19.3 Å². The molecule has 1 aromatic heterocycles. The number of alkyl halides is 3. The number of carbonyl (C=O) groups is 2. The number of aryl methyl sites for hydroxylation is 1. The zero-order valence-electron chi connectivity index (χ0n) is 16.3. The first-order valence-corrected chi connectivity index (χ1v) is 9.25. The third kappa shape index (κ3) is 5.56. The summed E-state index contributed by atoms with van der Waals surface area (Å²) in [5.74, 6) is -1.36. The van der Waals surface area contributed by atoms with Gasteiger partial charge < -0.3 is 16.0 Å². The van der Waals surface area contributed by atoms with Crippen LogP contribution in [-0.2, 0) is 22.2 Å². The fraction of sp³-hybridized carbons (Fsp3) is 0.667. The van der Waals surface area contributed by atoms with E-state index in [-0.39, 0.29) is 23.3 Å². The number of carbonyl (C=O) groups excluding carboxylic acids is 2. The molecule has 1 aliphatic heterocycles. The van der Waals surface area contributed by atoms with E-state index < -0.39 is 18.0 Å². The quantitative estimate of drug-likeness (QED) is 0.787. The molecule has 28 heavy (non-hydrogen) atoms. The predicted octanol–water partition coefficient (Wildman–Crippen LogP) is 2.08. The smallest absolute Gasteiger partial charge is 0.383 e. The molecule has 0 aliphatic carbocycles. The van der Waals surface area contributed by atoms with Gasteiger partial charge >= 0.3 is 6.18 Å². The first-order chi connectivity index (χ1) is 13.0. The molecule has 3 N–H and O–H groups in total. The number of nitrogens with two attached hydrogens (primary N) is 1. The monoisotopic (exact) mass is 401 g/mol. The summed E-state index contributed by atoms with van der Waals surface area (Å²) in [6, 6.07) is -0.555. The minimum absolute atomic E-state index is 0.107. The number of hydrogen-bond acceptors (Lipinski definition) is 5. The van der Waals surface area contributed by atoms with E-state index in [1.807, 2.05) is 0 Å². The minimum atomic E-state index is -4.62. The molecule has 0 aromatic carbocycles. The van der Waals surface area contributed by atoms with Crippen molar-refractivity contribution in [1.82, 2.24) is 20.2 Å². The molecule has 1 atom stereocenters. The third-order valence-corrected chi connectivity index (χ3v) is 5.02. The van der Waals surface area contributed by atoms with Crippen LogP contribution < -0.4 is 11.1 Å². The van der Waals surface area contributed by atoms with Gasteiger partial charge in [-0.05, 0) is 45.4 Å². The Morgan fingerprint density at radius 3 is 2.39 bits per heavy atom. The molecule has 1 aromatic rings. The number of aromatic nitrogens is 2. The fourth-order valence-corrected chi connectivity index (χ4v) is 3.48. The van der Waals surface area contributed by atoms with Crippen molar-refractivity contribution in [2.75, 3.05) is 18.8 Å². The number of nitrogens with one attached hydrogen (secondary N) is 1. The van der Waals surface area contributed by atoms with Gasteiger partial charge in [0.05, 0.1) is 0 Å². The Kier molecular flexibility index (Phi) is 6.84. The van der Waals surface area contributed by atoms with Gasteiger partial charge in [0.15, 0.2) is 0 Å². The van der Waals surface area contributed by atoms with E-state index in [0.29, 0.717) is 31.0 Å². The van der Waals surface area contributed by atoms with Crippen molar-refractivity contribution in [3.63, 3.8) is 0 Å². The number of piperidine rings is 1. The average molecular weight is 401 g/mol. The Balaban J connectivity index is 1.89. The van der Waals surface area contributed by atoms with Gasteiger partial charge in [-0.15, -0.1) is 0 Å². The van der Waals surface area contributed by atoms with Crippen LogP contribution in [0.25, 0.3) is 0 Å². The highest BCUT2D eigenvalue weighted by Crippen LogP contribution is 2.30. The Hall–Kier alpha value is -2.39. The zero-order valence-corrected chi connectivity index (χ0v) is 16.3. The minimum Gasteiger partial charge on any atom is -0.383 e. The first kappa shape index (κ1) is 21.9. The van der Waals surface area contributed by atoms with Crippen LogP contribution in [0.4, 0.5) is 19.0 Å². The topological polar surface area (TPSA) is 101 Å². The van der Waals surface area contributed by atoms with Crippen LogP contribution in [-0.4, -0.2) is 45.8 Å². The van der Waals surface area contributed by atoms with Crippen molar-refractivity contribution in [3.05, 3.63) is 17.1 Å². The molecule has 156 valence electrons. The summed E-state index contributed by atoms with van der Waals surface area (Å²) < 4.78 is 38.2. The van der Waals surface area contributed by atoms with Crippen molar-refractivity contribution in [1.29, 1.82) is 0 Å². The van der Waals surface area contributed by atoms with Crippen LogP contribution >= 0.6 is 0 Å². The molecular formula is C18H26F3N5O2. The number of hydrogen-bond donors (Lipinski definition) is 2. The summed E-state index contributed by atoms with van der Waals surface area (Å²) >= 11 is 0. The second-order valence-electron chi connectivity index (χ2n) is 7.22. The second-order valence-corrected chi connectivity index (χ2v) is 7.22. The molecule has 0 saturated carbocycles. The van der Waals surface area contributed by atoms with E-state index in [4.69, 9.17) is 5.73 Å². The summed E-state index contributed by atoms with van der Waals surface area (Å²) in [5.41, 5.74) is 6.52. The van der Waals surface area contributed by atoms with Gasteiger partial charge in [0.25, 0.3) is 0 Å². The molecule has 0 spiro atoms. The predicted molar refractivity (Wildman–Crippen MR) is 97.1 cm³/mol. The Bertz CT molecular complexity index is 707. The van der Waals surface area contributed by atoms with E-state index in [1.54, 1.807) is 11.8 Å². The Labute approximate surface area is 161 Å². The van der Waals surface area contributed by atoms with Crippen LogP contribution in [0.3, 0.4) is 0 Å². The molecule has 7 nitrogen and oxygen atoms in total. The van der Waals surface area contributed by atoms with Crippen LogP contribution in [0.5, 0.6) is 0 Å². The largest absolute Gasteiger partial charge is 0.451 e. The van der Waals surface area contributed by atoms with E-state index in [1.165, 1.54) is 13.8 Å². The Morgan fingerprint density at radius 1 is 1.29 bits per heavy atom. The van der Waals surface area contributed by atoms with Crippen molar-refractivity contribution in [2.45, 2.75) is 58.7 Å². The molecule has 2 heterocycles. The van der Waals surface area contributed by atoms with Crippen LogP contribution in [0.15, 0.2) is 0 Å². The van der Waals surface area contributed by atoms with Gasteiger partial charge in [0.2, 0.25) is 17.6 Å². The van der Waals surface area contributed by atoms with Gasteiger partial charge in [-0.3, -0.25) is 9.59 Å². The zero-order chi connectivity index (χ0) is 21.1. The molecule has 10 heteroatoms. The molecule has 0 bridgehead atoms. The highest BCUT2D eigenvalue weighted by Gasteiger charge is 2.35. The average Bonchev–Trinajstić information content (AvgIpc) is 2.59. The molecule has 2 amide bonds. The maximum Gasteiger partial charge on any atom is 0.451 e. The fourth-order valence-electron chi connectivity index (χ4n) is 3.48. The number of anilines is 1. The highest BCUT2D eigenvalue weighted by molar-refractivity contribution is 5.86. The maximum absolute atomic E-state index is 12.7. The molecule has 1 unspecified atom stereocenters. The lowest BCUT2D eigenvalue weighted by Gasteiger charge is -2.33. The molecule has 1 aliphatic rings. The maximum atomic E-state index is 12.7. The molecular weight excluding hydrogens is 375 g/mol. The number of halogens is 3. The summed E-state index contributed by atoms with van der Waals surface area (Å²) in [5, 5.41) is 2.59. The van der Waals surface area contributed by atoms with Gasteiger partial charge in [0.1, 0.15) is 11.9 Å². The van der Waals surface area contributed by atoms with E-state index >= 15 is 0 Å². The number of nitrogen functional groups attached to an aromatic ring is 1. The Morgan fingerprint density at radius 2 is 1.89 bits per heavy atom. The summed E-state index contributed by atoms with van der Waals surface area (Å²) in [6.07, 6.45) is -1.80. The lowest BCUT2D eigenvalue weighted by atomic mass is 9.90. The third-order valence-electron chi connectivity index (χ3n) is 5.02. The normalized spacial score (nSPS) is 16.7. The lowest BCUT2D eigenvalue weighted by Crippen LogP contribution is -2.49. The highest BCUT2D eigenvalue weighted by atomic mass is 19.4. The van der Waals surface area contributed by atoms with Gasteiger partial charge in [0, 0.05) is 31.3 Å². The van der Waals surface area contributed by atoms with Crippen molar-refractivity contribution >= 4 is 17.6 Å². The van der Waals surface area contributed by atoms with Crippen molar-refractivity contribution in [3.8, 4) is 0 Å². The molecule has 0 radical (unpaired) electrons. The van der Waals surface area contributed by atoms with E-state index in [9.17, 15) is 22.8 Å². The van der Waals surface area contributed by atoms with E-state index in [2.05, 4.69) is 15.3 Å². The van der Waals surface area contributed by atoms with Crippen molar-refractivity contribution < 1.29 is 22.8 Å². The number of amides is 2. The van der Waals surface area contributed by atoms with Gasteiger partial charge in [-0.1, -0.05) is 0 Å². The SMILES string of the molecule is CC(=O)NC(C)C(=O)N1CCC(CCc2c(C)nc(C(F)(F)F)nc2N)CC1. The standard InChI is InChI=1S/C18H26F3N5O2/c1-10-14(15(22)25-17(24-10)18(19,20)21)5-4-13-6-8-26(9-7-13)16(28)11(2)23-12(3)27/h11,13H,4-9H2,1-3H3,(H,23,27)(H2,22,24,25).